The number of aromatic nitrogens is 2. The lowest BCUT2D eigenvalue weighted by Gasteiger charge is -2.08. The Kier molecular flexibility index (Phi) is 5.91. The summed E-state index contributed by atoms with van der Waals surface area (Å²) in [5, 5.41) is 4.58. The summed E-state index contributed by atoms with van der Waals surface area (Å²) in [4.78, 5) is 20.7. The van der Waals surface area contributed by atoms with Crippen molar-refractivity contribution in [1.29, 1.82) is 0 Å². The van der Waals surface area contributed by atoms with Crippen molar-refractivity contribution in [1.82, 2.24) is 9.97 Å². The van der Waals surface area contributed by atoms with E-state index in [1.807, 2.05) is 18.2 Å². The highest BCUT2D eigenvalue weighted by molar-refractivity contribution is 7.98. The molecule has 3 rings (SSSR count). The van der Waals surface area contributed by atoms with Gasteiger partial charge >= 0.3 is 0 Å². The molecule has 0 unspecified atom stereocenters. The third-order valence-corrected chi connectivity index (χ3v) is 4.66. The number of rotatable bonds is 5. The van der Waals surface area contributed by atoms with Gasteiger partial charge in [0.2, 0.25) is 0 Å². The van der Waals surface area contributed by atoms with Gasteiger partial charge in [0.15, 0.2) is 0 Å². The van der Waals surface area contributed by atoms with Crippen molar-refractivity contribution in [3.05, 3.63) is 82.2 Å². The van der Waals surface area contributed by atoms with Gasteiger partial charge in [0, 0.05) is 39.4 Å². The summed E-state index contributed by atoms with van der Waals surface area (Å²) in [7, 11) is 0. The predicted octanol–water partition coefficient (Wildman–Crippen LogP) is 5.33. The highest BCUT2D eigenvalue weighted by Crippen LogP contribution is 2.24. The van der Waals surface area contributed by atoms with E-state index in [9.17, 15) is 4.79 Å². The summed E-state index contributed by atoms with van der Waals surface area (Å²) in [5.74, 6) is 0.479. The van der Waals surface area contributed by atoms with Gasteiger partial charge < -0.3 is 5.32 Å². The molecular formula is C18H13Cl2N3OS. The van der Waals surface area contributed by atoms with Gasteiger partial charge in [0.25, 0.3) is 5.91 Å². The van der Waals surface area contributed by atoms with Crippen molar-refractivity contribution < 1.29 is 4.79 Å². The van der Waals surface area contributed by atoms with E-state index >= 15 is 0 Å². The van der Waals surface area contributed by atoms with E-state index in [0.717, 1.165) is 10.6 Å². The zero-order valence-corrected chi connectivity index (χ0v) is 15.3. The maximum absolute atomic E-state index is 12.4. The van der Waals surface area contributed by atoms with Crippen molar-refractivity contribution in [2.45, 2.75) is 10.8 Å². The van der Waals surface area contributed by atoms with Crippen LogP contribution in [0.5, 0.6) is 0 Å². The summed E-state index contributed by atoms with van der Waals surface area (Å²) in [6, 6.07) is 12.4. The van der Waals surface area contributed by atoms with Crippen LogP contribution in [-0.4, -0.2) is 15.9 Å². The number of nitrogens with one attached hydrogen (secondary N) is 1. The van der Waals surface area contributed by atoms with Crippen LogP contribution in [0.25, 0.3) is 0 Å². The van der Waals surface area contributed by atoms with Crippen molar-refractivity contribution in [2.24, 2.45) is 0 Å². The Labute approximate surface area is 159 Å². The minimum absolute atomic E-state index is 0.218. The van der Waals surface area contributed by atoms with Gasteiger partial charge in [-0.3, -0.25) is 9.78 Å². The normalized spacial score (nSPS) is 10.5. The number of hydrogen-bond donors (Lipinski definition) is 1. The molecular weight excluding hydrogens is 377 g/mol. The molecule has 0 aliphatic carbocycles. The lowest BCUT2D eigenvalue weighted by molar-refractivity contribution is 0.102. The van der Waals surface area contributed by atoms with Crippen LogP contribution in [0.3, 0.4) is 0 Å². The molecule has 0 atom stereocenters. The van der Waals surface area contributed by atoms with E-state index < -0.39 is 0 Å². The van der Waals surface area contributed by atoms with Gasteiger partial charge in [-0.25, -0.2) is 4.98 Å². The first kappa shape index (κ1) is 17.7. The highest BCUT2D eigenvalue weighted by Gasteiger charge is 2.08. The van der Waals surface area contributed by atoms with E-state index in [4.69, 9.17) is 23.2 Å². The fourth-order valence-corrected chi connectivity index (χ4v) is 3.44. The molecule has 1 heterocycles. The molecule has 0 bridgehead atoms. The molecule has 1 N–H and O–H groups in total. The van der Waals surface area contributed by atoms with E-state index in [1.165, 1.54) is 0 Å². The number of hydrogen-bond acceptors (Lipinski definition) is 4. The SMILES string of the molecule is O=C(Nc1cc(Cl)cc(Cl)c1)c1cccc(CSc2cnccn2)c1. The number of amides is 1. The summed E-state index contributed by atoms with van der Waals surface area (Å²) >= 11 is 13.5. The Bertz CT molecular complexity index is 870. The number of benzene rings is 2. The van der Waals surface area contributed by atoms with E-state index in [0.29, 0.717) is 27.0 Å². The molecule has 0 aliphatic heterocycles. The molecule has 4 nitrogen and oxygen atoms in total. The maximum atomic E-state index is 12.4. The second-order valence-electron chi connectivity index (χ2n) is 5.14. The van der Waals surface area contributed by atoms with Crippen LogP contribution in [0.4, 0.5) is 5.69 Å². The molecule has 7 heteroatoms. The quantitative estimate of drug-likeness (QED) is 0.599. The van der Waals surface area contributed by atoms with Gasteiger partial charge in [-0.2, -0.15) is 0 Å². The average molecular weight is 390 g/mol. The summed E-state index contributed by atoms with van der Waals surface area (Å²) < 4.78 is 0. The molecule has 0 fully saturated rings. The van der Waals surface area contributed by atoms with Crippen LogP contribution in [0.1, 0.15) is 15.9 Å². The minimum atomic E-state index is -0.218. The zero-order valence-electron chi connectivity index (χ0n) is 12.9. The van der Waals surface area contributed by atoms with Crippen LogP contribution < -0.4 is 5.32 Å². The number of carbonyl (C=O) groups excluding carboxylic acids is 1. The number of anilines is 1. The third-order valence-electron chi connectivity index (χ3n) is 3.24. The largest absolute Gasteiger partial charge is 0.322 e. The lowest BCUT2D eigenvalue weighted by Crippen LogP contribution is -2.12. The monoisotopic (exact) mass is 389 g/mol. The topological polar surface area (TPSA) is 54.9 Å². The Morgan fingerprint density at radius 1 is 1.08 bits per heavy atom. The lowest BCUT2D eigenvalue weighted by atomic mass is 10.1. The fourth-order valence-electron chi connectivity index (χ4n) is 2.15. The van der Waals surface area contributed by atoms with Crippen LogP contribution in [-0.2, 0) is 5.75 Å². The van der Waals surface area contributed by atoms with Crippen molar-refractivity contribution in [3.8, 4) is 0 Å². The first-order valence-electron chi connectivity index (χ1n) is 7.35. The maximum Gasteiger partial charge on any atom is 0.255 e. The Balaban J connectivity index is 1.68. The molecule has 2 aromatic carbocycles. The second-order valence-corrected chi connectivity index (χ2v) is 7.01. The smallest absolute Gasteiger partial charge is 0.255 e. The third kappa shape index (κ3) is 5.19. The van der Waals surface area contributed by atoms with Crippen LogP contribution >= 0.6 is 35.0 Å². The summed E-state index contributed by atoms with van der Waals surface area (Å²) in [5.41, 5.74) is 2.14. The number of halogens is 2. The first-order valence-corrected chi connectivity index (χ1v) is 9.09. The molecule has 3 aromatic rings. The van der Waals surface area contributed by atoms with Crippen molar-refractivity contribution in [3.63, 3.8) is 0 Å². The fraction of sp³-hybridized carbons (Fsp3) is 0.0556. The summed E-state index contributed by atoms with van der Waals surface area (Å²) in [6.45, 7) is 0. The van der Waals surface area contributed by atoms with E-state index in [-0.39, 0.29) is 5.91 Å². The first-order chi connectivity index (χ1) is 12.1. The minimum Gasteiger partial charge on any atom is -0.322 e. The van der Waals surface area contributed by atoms with Gasteiger partial charge in [-0.15, -0.1) is 11.8 Å². The molecule has 0 spiro atoms. The standard InChI is InChI=1S/C18H13Cl2N3OS/c19-14-7-15(20)9-16(8-14)23-18(24)13-3-1-2-12(6-13)11-25-17-10-21-4-5-22-17/h1-10H,11H2,(H,23,24). The Hall–Kier alpha value is -2.08. The number of carbonyl (C=O) groups is 1. The highest BCUT2D eigenvalue weighted by atomic mass is 35.5. The predicted molar refractivity (Wildman–Crippen MR) is 102 cm³/mol. The van der Waals surface area contributed by atoms with E-state index in [2.05, 4.69) is 15.3 Å². The van der Waals surface area contributed by atoms with Gasteiger partial charge in [0.05, 0.1) is 6.20 Å². The van der Waals surface area contributed by atoms with Crippen molar-refractivity contribution >= 4 is 46.6 Å². The molecule has 126 valence electrons. The van der Waals surface area contributed by atoms with Crippen LogP contribution in [0, 0.1) is 0 Å². The Morgan fingerprint density at radius 3 is 2.60 bits per heavy atom. The second kappa shape index (κ2) is 8.34. The van der Waals surface area contributed by atoms with Crippen LogP contribution in [0.2, 0.25) is 10.0 Å². The summed E-state index contributed by atoms with van der Waals surface area (Å²) in [6.07, 6.45) is 5.00. The molecule has 25 heavy (non-hydrogen) atoms. The Morgan fingerprint density at radius 2 is 1.88 bits per heavy atom. The number of nitrogens with zero attached hydrogens (tertiary/aromatic N) is 2. The molecule has 0 saturated carbocycles. The van der Waals surface area contributed by atoms with Crippen molar-refractivity contribution in [2.75, 3.05) is 5.32 Å². The zero-order chi connectivity index (χ0) is 17.6. The van der Waals surface area contributed by atoms with Crippen LogP contribution in [0.15, 0.2) is 66.1 Å². The number of thioether (sulfide) groups is 1. The molecule has 1 amide bonds. The average Bonchev–Trinajstić information content (AvgIpc) is 2.60. The molecule has 0 radical (unpaired) electrons. The van der Waals surface area contributed by atoms with E-state index in [1.54, 1.807) is 54.6 Å². The van der Waals surface area contributed by atoms with Gasteiger partial charge in [-0.05, 0) is 35.9 Å². The molecule has 0 saturated heterocycles. The molecule has 1 aromatic heterocycles. The van der Waals surface area contributed by atoms with Gasteiger partial charge in [0.1, 0.15) is 5.03 Å². The van der Waals surface area contributed by atoms with Gasteiger partial charge in [-0.1, -0.05) is 35.3 Å². The molecule has 0 aliphatic rings.